The number of H-pyrrole nitrogens is 1. The molecule has 3 aromatic rings. The van der Waals surface area contributed by atoms with Gasteiger partial charge in [0.15, 0.2) is 0 Å². The van der Waals surface area contributed by atoms with Crippen LogP contribution in [0.15, 0.2) is 54.7 Å². The number of esters is 1. The summed E-state index contributed by atoms with van der Waals surface area (Å²) < 4.78 is 10.1. The quantitative estimate of drug-likeness (QED) is 0.441. The van der Waals surface area contributed by atoms with Crippen molar-refractivity contribution in [2.45, 2.75) is 19.9 Å². The molecule has 1 amide bonds. The van der Waals surface area contributed by atoms with E-state index in [2.05, 4.69) is 15.3 Å². The molecule has 0 bridgehead atoms. The van der Waals surface area contributed by atoms with E-state index >= 15 is 0 Å². The van der Waals surface area contributed by atoms with Gasteiger partial charge in [-0.3, -0.25) is 9.78 Å². The molecule has 3 rings (SSSR count). The van der Waals surface area contributed by atoms with Crippen molar-refractivity contribution in [3.8, 4) is 0 Å². The van der Waals surface area contributed by atoms with Crippen LogP contribution in [-0.4, -0.2) is 42.2 Å². The standard InChI is InChI=1S/C23H25N3O4/c1-15-19(23(28)30-14-13-29-3)16(2)25-20(15)22(27)26-21(17-9-5-4-6-10-17)18-11-7-8-12-24-18/h4-12,21,25H,13-14H2,1-3H3,(H,26,27). The molecule has 7 heteroatoms. The number of nitrogens with zero attached hydrogens (tertiary/aromatic N) is 1. The summed E-state index contributed by atoms with van der Waals surface area (Å²) in [6.45, 7) is 3.93. The highest BCUT2D eigenvalue weighted by Gasteiger charge is 2.25. The molecule has 1 atom stereocenters. The Bertz CT molecular complexity index is 961. The van der Waals surface area contributed by atoms with Crippen molar-refractivity contribution in [3.63, 3.8) is 0 Å². The van der Waals surface area contributed by atoms with Crippen LogP contribution in [0.4, 0.5) is 0 Å². The second kappa shape index (κ2) is 9.84. The van der Waals surface area contributed by atoms with Gasteiger partial charge in [-0.1, -0.05) is 36.4 Å². The largest absolute Gasteiger partial charge is 0.460 e. The molecule has 2 heterocycles. The highest BCUT2D eigenvalue weighted by atomic mass is 16.6. The third kappa shape index (κ3) is 4.75. The minimum absolute atomic E-state index is 0.149. The van der Waals surface area contributed by atoms with Gasteiger partial charge in [0.05, 0.1) is 23.9 Å². The first kappa shape index (κ1) is 21.3. The van der Waals surface area contributed by atoms with Crippen molar-refractivity contribution in [3.05, 3.63) is 88.5 Å². The van der Waals surface area contributed by atoms with Crippen LogP contribution in [0.2, 0.25) is 0 Å². The van der Waals surface area contributed by atoms with Gasteiger partial charge in [0, 0.05) is 19.0 Å². The smallest absolute Gasteiger partial charge is 0.340 e. The number of rotatable bonds is 8. The predicted octanol–water partition coefficient (Wildman–Crippen LogP) is 3.35. The molecular weight excluding hydrogens is 382 g/mol. The molecule has 0 aliphatic carbocycles. The van der Waals surface area contributed by atoms with Gasteiger partial charge in [0.1, 0.15) is 12.3 Å². The SMILES string of the molecule is COCCOC(=O)c1c(C)[nH]c(C(=O)NC(c2ccccc2)c2ccccn2)c1C. The van der Waals surface area contributed by atoms with Gasteiger partial charge >= 0.3 is 5.97 Å². The molecule has 0 saturated heterocycles. The van der Waals surface area contributed by atoms with Gasteiger partial charge in [-0.2, -0.15) is 0 Å². The van der Waals surface area contributed by atoms with Crippen molar-refractivity contribution < 1.29 is 19.1 Å². The molecule has 156 valence electrons. The number of pyridine rings is 1. The summed E-state index contributed by atoms with van der Waals surface area (Å²) in [4.78, 5) is 33.0. The van der Waals surface area contributed by atoms with E-state index in [0.29, 0.717) is 29.1 Å². The third-order valence-corrected chi connectivity index (χ3v) is 4.78. The molecule has 2 N–H and O–H groups in total. The lowest BCUT2D eigenvalue weighted by Gasteiger charge is -2.19. The van der Waals surface area contributed by atoms with Crippen LogP contribution in [0.1, 0.15) is 49.4 Å². The Morgan fingerprint density at radius 2 is 1.80 bits per heavy atom. The Labute approximate surface area is 175 Å². The van der Waals surface area contributed by atoms with Crippen LogP contribution >= 0.6 is 0 Å². The summed E-state index contributed by atoms with van der Waals surface area (Å²) in [5.74, 6) is -0.812. The maximum Gasteiger partial charge on any atom is 0.340 e. The van der Waals surface area contributed by atoms with E-state index < -0.39 is 12.0 Å². The summed E-state index contributed by atoms with van der Waals surface area (Å²) in [5.41, 5.74) is 3.43. The summed E-state index contributed by atoms with van der Waals surface area (Å²) in [6.07, 6.45) is 1.69. The van der Waals surface area contributed by atoms with Crippen LogP contribution < -0.4 is 5.32 Å². The number of carbonyl (C=O) groups is 2. The van der Waals surface area contributed by atoms with E-state index in [-0.39, 0.29) is 12.5 Å². The lowest BCUT2D eigenvalue weighted by molar-refractivity contribution is 0.0387. The van der Waals surface area contributed by atoms with E-state index in [1.54, 1.807) is 20.0 Å². The number of ether oxygens (including phenoxy) is 2. The van der Waals surface area contributed by atoms with E-state index in [1.807, 2.05) is 48.5 Å². The number of amides is 1. The molecule has 0 fully saturated rings. The zero-order valence-corrected chi connectivity index (χ0v) is 17.3. The normalized spacial score (nSPS) is 11.7. The number of methoxy groups -OCH3 is 1. The molecule has 2 aromatic heterocycles. The fourth-order valence-electron chi connectivity index (χ4n) is 3.30. The Hall–Kier alpha value is -3.45. The van der Waals surface area contributed by atoms with Gasteiger partial charge in [-0.05, 0) is 37.1 Å². The third-order valence-electron chi connectivity index (χ3n) is 4.78. The minimum Gasteiger partial charge on any atom is -0.460 e. The fraction of sp³-hybridized carbons (Fsp3) is 0.261. The second-order valence-corrected chi connectivity index (χ2v) is 6.83. The van der Waals surface area contributed by atoms with Crippen LogP contribution in [0, 0.1) is 13.8 Å². The highest BCUT2D eigenvalue weighted by molar-refractivity contribution is 6.00. The van der Waals surface area contributed by atoms with Crippen molar-refractivity contribution in [2.24, 2.45) is 0 Å². The molecule has 0 aliphatic heterocycles. The van der Waals surface area contributed by atoms with Gasteiger partial charge in [-0.25, -0.2) is 4.79 Å². The Balaban J connectivity index is 1.86. The molecule has 0 aliphatic rings. The number of benzene rings is 1. The van der Waals surface area contributed by atoms with Gasteiger partial charge in [0.25, 0.3) is 5.91 Å². The fourth-order valence-corrected chi connectivity index (χ4v) is 3.30. The number of hydrogen-bond donors (Lipinski definition) is 2. The van der Waals surface area contributed by atoms with E-state index in [9.17, 15) is 9.59 Å². The molecule has 30 heavy (non-hydrogen) atoms. The van der Waals surface area contributed by atoms with E-state index in [4.69, 9.17) is 9.47 Å². The predicted molar refractivity (Wildman–Crippen MR) is 112 cm³/mol. The molecule has 1 unspecified atom stereocenters. The molecule has 0 saturated carbocycles. The summed E-state index contributed by atoms with van der Waals surface area (Å²) in [5, 5.41) is 3.03. The number of hydrogen-bond acceptors (Lipinski definition) is 5. The van der Waals surface area contributed by atoms with Crippen molar-refractivity contribution in [1.82, 2.24) is 15.3 Å². The molecular formula is C23H25N3O4. The average molecular weight is 407 g/mol. The van der Waals surface area contributed by atoms with E-state index in [0.717, 1.165) is 11.3 Å². The summed E-state index contributed by atoms with van der Waals surface area (Å²) in [7, 11) is 1.54. The Morgan fingerprint density at radius 1 is 1.07 bits per heavy atom. The number of aryl methyl sites for hydroxylation is 1. The average Bonchev–Trinajstić information content (AvgIpc) is 3.07. The zero-order valence-electron chi connectivity index (χ0n) is 17.3. The van der Waals surface area contributed by atoms with Gasteiger partial charge < -0.3 is 19.8 Å². The van der Waals surface area contributed by atoms with Crippen LogP contribution in [0.5, 0.6) is 0 Å². The monoisotopic (exact) mass is 407 g/mol. The van der Waals surface area contributed by atoms with Crippen molar-refractivity contribution >= 4 is 11.9 Å². The van der Waals surface area contributed by atoms with E-state index in [1.165, 1.54) is 7.11 Å². The maximum absolute atomic E-state index is 13.1. The lowest BCUT2D eigenvalue weighted by atomic mass is 10.0. The molecule has 0 spiro atoms. The summed E-state index contributed by atoms with van der Waals surface area (Å²) in [6, 6.07) is 14.8. The van der Waals surface area contributed by atoms with Crippen LogP contribution in [0.3, 0.4) is 0 Å². The minimum atomic E-state index is -0.485. The zero-order chi connectivity index (χ0) is 21.5. The number of aromatic amines is 1. The molecule has 7 nitrogen and oxygen atoms in total. The lowest BCUT2D eigenvalue weighted by Crippen LogP contribution is -2.30. The topological polar surface area (TPSA) is 93.3 Å². The van der Waals surface area contributed by atoms with Crippen LogP contribution in [0.25, 0.3) is 0 Å². The summed E-state index contributed by atoms with van der Waals surface area (Å²) >= 11 is 0. The second-order valence-electron chi connectivity index (χ2n) is 6.83. The number of aromatic nitrogens is 2. The Morgan fingerprint density at radius 3 is 2.47 bits per heavy atom. The number of carbonyl (C=O) groups excluding carboxylic acids is 2. The van der Waals surface area contributed by atoms with Crippen LogP contribution in [-0.2, 0) is 9.47 Å². The molecule has 1 aromatic carbocycles. The van der Waals surface area contributed by atoms with Crippen molar-refractivity contribution in [1.29, 1.82) is 0 Å². The maximum atomic E-state index is 13.1. The van der Waals surface area contributed by atoms with Crippen molar-refractivity contribution in [2.75, 3.05) is 20.3 Å². The number of nitrogens with one attached hydrogen (secondary N) is 2. The molecule has 0 radical (unpaired) electrons. The highest BCUT2D eigenvalue weighted by Crippen LogP contribution is 2.23. The Kier molecular flexibility index (Phi) is 6.98. The first-order valence-electron chi connectivity index (χ1n) is 9.65. The first-order valence-corrected chi connectivity index (χ1v) is 9.65. The van der Waals surface area contributed by atoms with Gasteiger partial charge in [0.2, 0.25) is 0 Å². The first-order chi connectivity index (χ1) is 14.5. The van der Waals surface area contributed by atoms with Gasteiger partial charge in [-0.15, -0.1) is 0 Å².